The fourth-order valence-corrected chi connectivity index (χ4v) is 4.20. The van der Waals surface area contributed by atoms with Crippen molar-refractivity contribution in [3.8, 4) is 39.1 Å². The molecular weight excluding hydrogens is 385 g/mol. The van der Waals surface area contributed by atoms with Crippen LogP contribution in [0, 0.1) is 0 Å². The van der Waals surface area contributed by atoms with E-state index < -0.39 is 11.7 Å². The molecule has 30 heavy (non-hydrogen) atoms. The average molecular weight is 402 g/mol. The first-order valence-electron chi connectivity index (χ1n) is 9.63. The fraction of sp³-hybridized carbons (Fsp3) is 0.0769. The first-order chi connectivity index (χ1) is 14.4. The maximum Gasteiger partial charge on any atom is 0.416 e. The molecule has 0 fully saturated rings. The van der Waals surface area contributed by atoms with Gasteiger partial charge in [-0.15, -0.1) is 0 Å². The molecule has 0 atom stereocenters. The Morgan fingerprint density at radius 1 is 0.633 bits per heavy atom. The maximum atomic E-state index is 12.9. The first kappa shape index (κ1) is 18.5. The van der Waals surface area contributed by atoms with Gasteiger partial charge in [0.15, 0.2) is 0 Å². The highest BCUT2D eigenvalue weighted by atomic mass is 19.4. The Hall–Kier alpha value is -3.53. The van der Waals surface area contributed by atoms with E-state index in [2.05, 4.69) is 18.2 Å². The lowest BCUT2D eigenvalue weighted by Crippen LogP contribution is -2.04. The van der Waals surface area contributed by atoms with Gasteiger partial charge in [0.05, 0.1) is 5.56 Å². The number of alkyl halides is 3. The van der Waals surface area contributed by atoms with Gasteiger partial charge in [0.2, 0.25) is 0 Å². The summed E-state index contributed by atoms with van der Waals surface area (Å²) in [6, 6.07) is 24.7. The smallest absolute Gasteiger partial charge is 0.416 e. The number of benzene rings is 4. The molecule has 0 saturated heterocycles. The van der Waals surface area contributed by atoms with Crippen molar-refractivity contribution in [1.29, 1.82) is 0 Å². The third kappa shape index (κ3) is 3.05. The van der Waals surface area contributed by atoms with Crippen LogP contribution < -0.4 is 0 Å². The molecule has 4 aromatic rings. The van der Waals surface area contributed by atoms with Gasteiger partial charge in [-0.3, -0.25) is 0 Å². The van der Waals surface area contributed by atoms with Crippen molar-refractivity contribution in [1.82, 2.24) is 0 Å². The maximum absolute atomic E-state index is 12.9. The van der Waals surface area contributed by atoms with Crippen molar-refractivity contribution in [2.45, 2.75) is 12.6 Å². The van der Waals surface area contributed by atoms with E-state index in [-0.39, 0.29) is 5.75 Å². The number of fused-ring (bicyclic) bond motifs is 3. The van der Waals surface area contributed by atoms with E-state index in [1.54, 1.807) is 6.07 Å². The van der Waals surface area contributed by atoms with Crippen molar-refractivity contribution in [3.63, 3.8) is 0 Å². The van der Waals surface area contributed by atoms with Gasteiger partial charge < -0.3 is 5.11 Å². The van der Waals surface area contributed by atoms with E-state index >= 15 is 0 Å². The molecule has 0 radical (unpaired) electrons. The minimum Gasteiger partial charge on any atom is -0.507 e. The van der Waals surface area contributed by atoms with Crippen LogP contribution in [0.25, 0.3) is 33.4 Å². The Kier molecular flexibility index (Phi) is 4.17. The van der Waals surface area contributed by atoms with Gasteiger partial charge in [0, 0.05) is 5.56 Å². The van der Waals surface area contributed by atoms with E-state index in [0.717, 1.165) is 29.7 Å². The number of halogens is 3. The van der Waals surface area contributed by atoms with Gasteiger partial charge in [-0.2, -0.15) is 13.2 Å². The molecule has 1 aliphatic rings. The number of aromatic hydroxyl groups is 1. The van der Waals surface area contributed by atoms with Crippen LogP contribution in [-0.4, -0.2) is 5.11 Å². The molecule has 1 aliphatic carbocycles. The van der Waals surface area contributed by atoms with Crippen molar-refractivity contribution >= 4 is 0 Å². The molecule has 0 heterocycles. The second-order valence-electron chi connectivity index (χ2n) is 7.47. The van der Waals surface area contributed by atoms with Gasteiger partial charge in [-0.1, -0.05) is 60.7 Å². The van der Waals surface area contributed by atoms with E-state index in [4.69, 9.17) is 0 Å². The predicted octanol–water partition coefficient (Wildman–Crippen LogP) is 7.32. The third-order valence-corrected chi connectivity index (χ3v) is 5.68. The van der Waals surface area contributed by atoms with Crippen LogP contribution in [0.2, 0.25) is 0 Å². The Labute approximate surface area is 172 Å². The SMILES string of the molecule is Oc1ccc(-c2cccc3c2Cc2ccccc2-3)cc1-c1ccc(C(F)(F)F)cc1. The van der Waals surface area contributed by atoms with Crippen LogP contribution in [0.4, 0.5) is 13.2 Å². The minimum atomic E-state index is -4.39. The van der Waals surface area contributed by atoms with Crippen LogP contribution in [0.5, 0.6) is 5.75 Å². The summed E-state index contributed by atoms with van der Waals surface area (Å²) in [5, 5.41) is 10.4. The summed E-state index contributed by atoms with van der Waals surface area (Å²) in [5.74, 6) is 0.0365. The molecule has 0 aromatic heterocycles. The highest BCUT2D eigenvalue weighted by molar-refractivity contribution is 5.86. The summed E-state index contributed by atoms with van der Waals surface area (Å²) in [6.45, 7) is 0. The van der Waals surface area contributed by atoms with Gasteiger partial charge in [0.1, 0.15) is 5.75 Å². The quantitative estimate of drug-likeness (QED) is 0.328. The molecule has 1 nitrogen and oxygen atoms in total. The monoisotopic (exact) mass is 402 g/mol. The van der Waals surface area contributed by atoms with Crippen LogP contribution >= 0.6 is 0 Å². The van der Waals surface area contributed by atoms with Crippen molar-refractivity contribution in [3.05, 3.63) is 102 Å². The van der Waals surface area contributed by atoms with Crippen molar-refractivity contribution < 1.29 is 18.3 Å². The largest absolute Gasteiger partial charge is 0.507 e. The standard InChI is InChI=1S/C26H17F3O/c27-26(28,29)19-11-8-16(9-12-19)23-14-18(10-13-25(23)30)21-6-3-7-22-20-5-2-1-4-17(20)15-24(21)22/h1-14,30H,15H2. The van der Waals surface area contributed by atoms with Gasteiger partial charge >= 0.3 is 6.18 Å². The summed E-state index contributed by atoms with van der Waals surface area (Å²) in [5.41, 5.74) is 7.27. The van der Waals surface area contributed by atoms with Gasteiger partial charge in [-0.05, 0) is 69.6 Å². The Morgan fingerprint density at radius 2 is 1.30 bits per heavy atom. The number of rotatable bonds is 2. The molecule has 4 heteroatoms. The lowest BCUT2D eigenvalue weighted by atomic mass is 9.93. The van der Waals surface area contributed by atoms with Crippen LogP contribution in [-0.2, 0) is 12.6 Å². The molecule has 0 amide bonds. The minimum absolute atomic E-state index is 0.0365. The van der Waals surface area contributed by atoms with Crippen LogP contribution in [0.3, 0.4) is 0 Å². The Morgan fingerprint density at radius 3 is 2.07 bits per heavy atom. The van der Waals surface area contributed by atoms with Crippen LogP contribution in [0.1, 0.15) is 16.7 Å². The molecule has 148 valence electrons. The summed E-state index contributed by atoms with van der Waals surface area (Å²) in [4.78, 5) is 0. The number of hydrogen-bond donors (Lipinski definition) is 1. The lowest BCUT2D eigenvalue weighted by molar-refractivity contribution is -0.137. The Bertz CT molecular complexity index is 1250. The zero-order valence-corrected chi connectivity index (χ0v) is 15.9. The van der Waals surface area contributed by atoms with Crippen LogP contribution in [0.15, 0.2) is 84.9 Å². The molecule has 0 aliphatic heterocycles. The summed E-state index contributed by atoms with van der Waals surface area (Å²) < 4.78 is 38.6. The summed E-state index contributed by atoms with van der Waals surface area (Å²) >= 11 is 0. The van der Waals surface area contributed by atoms with Crippen molar-refractivity contribution in [2.75, 3.05) is 0 Å². The molecule has 5 rings (SSSR count). The zero-order chi connectivity index (χ0) is 20.9. The van der Waals surface area contributed by atoms with Gasteiger partial charge in [0.25, 0.3) is 0 Å². The second kappa shape index (κ2) is 6.77. The highest BCUT2D eigenvalue weighted by Crippen LogP contribution is 2.43. The van der Waals surface area contributed by atoms with E-state index in [0.29, 0.717) is 11.1 Å². The van der Waals surface area contributed by atoms with E-state index in [1.807, 2.05) is 36.4 Å². The summed E-state index contributed by atoms with van der Waals surface area (Å²) in [6.07, 6.45) is -3.56. The molecule has 1 N–H and O–H groups in total. The molecule has 0 unspecified atom stereocenters. The van der Waals surface area contributed by atoms with Crippen molar-refractivity contribution in [2.24, 2.45) is 0 Å². The van der Waals surface area contributed by atoms with Gasteiger partial charge in [-0.25, -0.2) is 0 Å². The van der Waals surface area contributed by atoms with E-state index in [9.17, 15) is 18.3 Å². The topological polar surface area (TPSA) is 20.2 Å². The average Bonchev–Trinajstić information content (AvgIpc) is 3.12. The Balaban J connectivity index is 1.59. The zero-order valence-electron chi connectivity index (χ0n) is 15.9. The number of hydrogen-bond acceptors (Lipinski definition) is 1. The predicted molar refractivity (Wildman–Crippen MR) is 112 cm³/mol. The second-order valence-corrected chi connectivity index (χ2v) is 7.47. The number of phenolic OH excluding ortho intramolecular Hbond substituents is 1. The summed E-state index contributed by atoms with van der Waals surface area (Å²) in [7, 11) is 0. The lowest BCUT2D eigenvalue weighted by Gasteiger charge is -2.13. The highest BCUT2D eigenvalue weighted by Gasteiger charge is 2.30. The number of phenols is 1. The molecule has 0 bridgehead atoms. The first-order valence-corrected chi connectivity index (χ1v) is 9.63. The molecule has 0 spiro atoms. The molecule has 4 aromatic carbocycles. The van der Waals surface area contributed by atoms with E-state index in [1.165, 1.54) is 34.4 Å². The molecule has 0 saturated carbocycles. The fourth-order valence-electron chi connectivity index (χ4n) is 4.20. The third-order valence-electron chi connectivity index (χ3n) is 5.68. The molecular formula is C26H17F3O. The normalized spacial score (nSPS) is 12.5.